The molecule has 5 heteroatoms. The second-order valence-corrected chi connectivity index (χ2v) is 6.67. The maximum Gasteiger partial charge on any atom is 0.191 e. The smallest absolute Gasteiger partial charge is 0.191 e. The lowest BCUT2D eigenvalue weighted by Crippen LogP contribution is -2.39. The van der Waals surface area contributed by atoms with Gasteiger partial charge in [-0.05, 0) is 32.4 Å². The average molecular weight is 370 g/mol. The molecule has 0 aliphatic rings. The molecule has 146 valence electrons. The third-order valence-electron chi connectivity index (χ3n) is 4.32. The zero-order chi connectivity index (χ0) is 19.6. The van der Waals surface area contributed by atoms with E-state index in [1.54, 1.807) is 7.11 Å². The van der Waals surface area contributed by atoms with E-state index in [4.69, 9.17) is 4.74 Å². The van der Waals surface area contributed by atoms with Crippen LogP contribution in [0.15, 0.2) is 53.5 Å². The second-order valence-electron chi connectivity index (χ2n) is 6.67. The van der Waals surface area contributed by atoms with Gasteiger partial charge in [0.05, 0.1) is 25.8 Å². The maximum atomic E-state index is 10.3. The lowest BCUT2D eigenvalue weighted by atomic mass is 10.0. The van der Waals surface area contributed by atoms with E-state index >= 15 is 0 Å². The van der Waals surface area contributed by atoms with Crippen molar-refractivity contribution in [3.05, 3.63) is 65.2 Å². The SMILES string of the molecule is CCNC(=NCC(O)Cc1ccccc1)NC(C)c1cc(C)ccc1OC. The molecule has 2 unspecified atom stereocenters. The molecule has 5 nitrogen and oxygen atoms in total. The van der Waals surface area contributed by atoms with Gasteiger partial charge in [0.15, 0.2) is 5.96 Å². The molecule has 0 bridgehead atoms. The highest BCUT2D eigenvalue weighted by atomic mass is 16.5. The molecule has 0 saturated heterocycles. The van der Waals surface area contributed by atoms with Gasteiger partial charge in [0.1, 0.15) is 5.75 Å². The minimum Gasteiger partial charge on any atom is -0.496 e. The van der Waals surface area contributed by atoms with Gasteiger partial charge in [-0.25, -0.2) is 0 Å². The van der Waals surface area contributed by atoms with Crippen LogP contribution in [-0.2, 0) is 6.42 Å². The Morgan fingerprint density at radius 1 is 1.19 bits per heavy atom. The van der Waals surface area contributed by atoms with Gasteiger partial charge in [0.2, 0.25) is 0 Å². The van der Waals surface area contributed by atoms with Gasteiger partial charge in [-0.1, -0.05) is 48.0 Å². The zero-order valence-electron chi connectivity index (χ0n) is 16.7. The van der Waals surface area contributed by atoms with Crippen LogP contribution in [0.5, 0.6) is 5.75 Å². The van der Waals surface area contributed by atoms with Crippen molar-refractivity contribution in [1.82, 2.24) is 10.6 Å². The summed E-state index contributed by atoms with van der Waals surface area (Å²) >= 11 is 0. The zero-order valence-corrected chi connectivity index (χ0v) is 16.7. The molecule has 2 aromatic carbocycles. The first kappa shape index (κ1) is 20.8. The van der Waals surface area contributed by atoms with Crippen molar-refractivity contribution in [2.24, 2.45) is 4.99 Å². The summed E-state index contributed by atoms with van der Waals surface area (Å²) in [6.45, 7) is 7.25. The number of aliphatic imine (C=N–C) groups is 1. The van der Waals surface area contributed by atoms with E-state index < -0.39 is 6.10 Å². The van der Waals surface area contributed by atoms with Crippen molar-refractivity contribution in [3.8, 4) is 5.75 Å². The molecule has 0 aliphatic carbocycles. The molecular weight excluding hydrogens is 338 g/mol. The first-order chi connectivity index (χ1) is 13.0. The standard InChI is InChI=1S/C22H31N3O2/c1-5-23-22(24-15-19(26)14-18-9-7-6-8-10-18)25-17(3)20-13-16(2)11-12-21(20)27-4/h6-13,17,19,26H,5,14-15H2,1-4H3,(H2,23,24,25). The molecule has 0 saturated carbocycles. The van der Waals surface area contributed by atoms with E-state index in [1.807, 2.05) is 49.4 Å². The van der Waals surface area contributed by atoms with Crippen LogP contribution in [0.3, 0.4) is 0 Å². The van der Waals surface area contributed by atoms with E-state index in [9.17, 15) is 5.11 Å². The number of aliphatic hydroxyl groups excluding tert-OH is 1. The lowest BCUT2D eigenvalue weighted by Gasteiger charge is -2.21. The van der Waals surface area contributed by atoms with E-state index in [2.05, 4.69) is 35.5 Å². The quantitative estimate of drug-likeness (QED) is 0.494. The summed E-state index contributed by atoms with van der Waals surface area (Å²) in [6.07, 6.45) is 0.0667. The fourth-order valence-electron chi connectivity index (χ4n) is 2.94. The number of hydrogen-bond donors (Lipinski definition) is 3. The van der Waals surface area contributed by atoms with Gasteiger partial charge in [0, 0.05) is 18.5 Å². The number of aryl methyl sites for hydroxylation is 1. The van der Waals surface area contributed by atoms with Crippen LogP contribution in [0.25, 0.3) is 0 Å². The molecule has 27 heavy (non-hydrogen) atoms. The number of nitrogens with zero attached hydrogens (tertiary/aromatic N) is 1. The van der Waals surface area contributed by atoms with Gasteiger partial charge in [-0.3, -0.25) is 4.99 Å². The Kier molecular flexibility index (Phi) is 8.14. The summed E-state index contributed by atoms with van der Waals surface area (Å²) in [5, 5.41) is 17.0. The Bertz CT molecular complexity index is 732. The number of hydrogen-bond acceptors (Lipinski definition) is 3. The number of aliphatic hydroxyl groups is 1. The molecule has 0 aliphatic heterocycles. The van der Waals surface area contributed by atoms with Gasteiger partial charge < -0.3 is 20.5 Å². The Hall–Kier alpha value is -2.53. The summed E-state index contributed by atoms with van der Waals surface area (Å²) < 4.78 is 5.49. The summed E-state index contributed by atoms with van der Waals surface area (Å²) in [7, 11) is 1.68. The van der Waals surface area contributed by atoms with Crippen molar-refractivity contribution in [2.45, 2.75) is 39.3 Å². The highest BCUT2D eigenvalue weighted by Crippen LogP contribution is 2.25. The normalized spacial score (nSPS) is 13.7. The topological polar surface area (TPSA) is 65.9 Å². The molecule has 0 amide bonds. The Morgan fingerprint density at radius 2 is 1.93 bits per heavy atom. The highest BCUT2D eigenvalue weighted by Gasteiger charge is 2.14. The summed E-state index contributed by atoms with van der Waals surface area (Å²) in [4.78, 5) is 4.56. The van der Waals surface area contributed by atoms with Crippen LogP contribution in [0.1, 0.15) is 36.6 Å². The summed E-state index contributed by atoms with van der Waals surface area (Å²) in [6, 6.07) is 16.1. The fourth-order valence-corrected chi connectivity index (χ4v) is 2.94. The monoisotopic (exact) mass is 369 g/mol. The number of nitrogens with one attached hydrogen (secondary N) is 2. The molecule has 3 N–H and O–H groups in total. The van der Waals surface area contributed by atoms with E-state index in [0.29, 0.717) is 18.9 Å². The largest absolute Gasteiger partial charge is 0.496 e. The van der Waals surface area contributed by atoms with Crippen LogP contribution < -0.4 is 15.4 Å². The third kappa shape index (κ3) is 6.61. The Labute approximate surface area is 162 Å². The molecule has 2 rings (SSSR count). The van der Waals surface area contributed by atoms with Gasteiger partial charge >= 0.3 is 0 Å². The van der Waals surface area contributed by atoms with Gasteiger partial charge in [-0.2, -0.15) is 0 Å². The first-order valence-corrected chi connectivity index (χ1v) is 9.44. The third-order valence-corrected chi connectivity index (χ3v) is 4.32. The molecule has 0 aromatic heterocycles. The number of ether oxygens (including phenoxy) is 1. The minimum absolute atomic E-state index is 0.0175. The molecule has 0 spiro atoms. The van der Waals surface area contributed by atoms with Gasteiger partial charge in [-0.15, -0.1) is 0 Å². The van der Waals surface area contributed by atoms with Crippen LogP contribution in [0.2, 0.25) is 0 Å². The fraction of sp³-hybridized carbons (Fsp3) is 0.409. The number of rotatable bonds is 8. The summed E-state index contributed by atoms with van der Waals surface area (Å²) in [5.74, 6) is 1.53. The Morgan fingerprint density at radius 3 is 2.59 bits per heavy atom. The van der Waals surface area contributed by atoms with E-state index in [-0.39, 0.29) is 6.04 Å². The lowest BCUT2D eigenvalue weighted by molar-refractivity contribution is 0.183. The molecule has 0 heterocycles. The number of benzene rings is 2. The van der Waals surface area contributed by atoms with Crippen molar-refractivity contribution >= 4 is 5.96 Å². The molecule has 0 fully saturated rings. The number of methoxy groups -OCH3 is 1. The minimum atomic E-state index is -0.522. The predicted molar refractivity (Wildman–Crippen MR) is 111 cm³/mol. The van der Waals surface area contributed by atoms with Crippen molar-refractivity contribution in [3.63, 3.8) is 0 Å². The number of guanidine groups is 1. The van der Waals surface area contributed by atoms with Crippen LogP contribution in [-0.4, -0.2) is 37.4 Å². The highest BCUT2D eigenvalue weighted by molar-refractivity contribution is 5.80. The summed E-state index contributed by atoms with van der Waals surface area (Å²) in [5.41, 5.74) is 3.36. The van der Waals surface area contributed by atoms with Gasteiger partial charge in [0.25, 0.3) is 0 Å². The van der Waals surface area contributed by atoms with Crippen LogP contribution >= 0.6 is 0 Å². The van der Waals surface area contributed by atoms with Crippen molar-refractivity contribution in [1.29, 1.82) is 0 Å². The first-order valence-electron chi connectivity index (χ1n) is 9.44. The van der Waals surface area contributed by atoms with Crippen molar-refractivity contribution in [2.75, 3.05) is 20.2 Å². The maximum absolute atomic E-state index is 10.3. The van der Waals surface area contributed by atoms with E-state index in [1.165, 1.54) is 5.56 Å². The van der Waals surface area contributed by atoms with E-state index in [0.717, 1.165) is 23.4 Å². The molecule has 0 radical (unpaired) electrons. The van der Waals surface area contributed by atoms with Crippen molar-refractivity contribution < 1.29 is 9.84 Å². The molecule has 2 aromatic rings. The second kappa shape index (κ2) is 10.6. The molecule has 2 atom stereocenters. The van der Waals surface area contributed by atoms with Crippen LogP contribution in [0.4, 0.5) is 0 Å². The van der Waals surface area contributed by atoms with Crippen LogP contribution in [0, 0.1) is 6.92 Å². The predicted octanol–water partition coefficient (Wildman–Crippen LogP) is 3.22. The average Bonchev–Trinajstić information content (AvgIpc) is 2.67. The molecular formula is C22H31N3O2. The Balaban J connectivity index is 2.03.